The van der Waals surface area contributed by atoms with Crippen molar-refractivity contribution >= 4 is 22.9 Å². The van der Waals surface area contributed by atoms with E-state index in [2.05, 4.69) is 4.57 Å². The summed E-state index contributed by atoms with van der Waals surface area (Å²) in [6.45, 7) is 1.21. The van der Waals surface area contributed by atoms with Gasteiger partial charge in [-0.15, -0.1) is 0 Å². The molecule has 1 unspecified atom stereocenters. The number of hydrogen-bond donors (Lipinski definition) is 1. The van der Waals surface area contributed by atoms with Gasteiger partial charge < -0.3 is 19.3 Å². The van der Waals surface area contributed by atoms with Gasteiger partial charge in [-0.25, -0.2) is 9.78 Å². The number of nitrogens with zero attached hydrogens (tertiary/aromatic N) is 3. The molecule has 1 aliphatic heterocycles. The molecule has 4 aromatic rings. The number of carboxylic acid groups (broad SMARTS) is 1. The second-order valence-electron chi connectivity index (χ2n) is 10.6. The first kappa shape index (κ1) is 25.2. The highest BCUT2D eigenvalue weighted by atomic mass is 16.5. The number of carbonyl (C=O) groups is 2. The van der Waals surface area contributed by atoms with Crippen molar-refractivity contribution in [1.29, 1.82) is 0 Å². The maximum Gasteiger partial charge on any atom is 0.335 e. The first-order valence-electron chi connectivity index (χ1n) is 13.9. The molecule has 7 nitrogen and oxygen atoms in total. The first-order valence-corrected chi connectivity index (χ1v) is 13.9. The van der Waals surface area contributed by atoms with Crippen LogP contribution in [0.2, 0.25) is 0 Å². The van der Waals surface area contributed by atoms with Crippen molar-refractivity contribution in [3.8, 4) is 17.1 Å². The van der Waals surface area contributed by atoms with Crippen LogP contribution in [0.25, 0.3) is 22.4 Å². The van der Waals surface area contributed by atoms with Crippen LogP contribution in [0.15, 0.2) is 72.8 Å². The third kappa shape index (κ3) is 5.13. The van der Waals surface area contributed by atoms with Gasteiger partial charge in [-0.2, -0.15) is 0 Å². The summed E-state index contributed by atoms with van der Waals surface area (Å²) in [5.41, 5.74) is 3.62. The van der Waals surface area contributed by atoms with Crippen LogP contribution in [0.1, 0.15) is 71.7 Å². The normalized spacial score (nSPS) is 17.9. The topological polar surface area (TPSA) is 84.7 Å². The predicted octanol–water partition coefficient (Wildman–Crippen LogP) is 6.59. The lowest BCUT2D eigenvalue weighted by molar-refractivity contribution is 0.0685. The molecule has 3 aromatic carbocycles. The van der Waals surface area contributed by atoms with Crippen molar-refractivity contribution in [3.05, 3.63) is 83.9 Å². The quantitative estimate of drug-likeness (QED) is 0.295. The maximum atomic E-state index is 13.0. The second kappa shape index (κ2) is 10.9. The number of carbonyl (C=O) groups excluding carboxylic acids is 1. The van der Waals surface area contributed by atoms with Gasteiger partial charge >= 0.3 is 5.97 Å². The number of imidazole rings is 1. The number of benzene rings is 3. The van der Waals surface area contributed by atoms with Crippen LogP contribution in [-0.4, -0.2) is 50.6 Å². The summed E-state index contributed by atoms with van der Waals surface area (Å²) in [6.07, 6.45) is 7.74. The SMILES string of the molecule is O=C(O)c1ccc2c(c1)nc(-c1ccc(OCC3CCCN3C(=O)c3ccccc3)cc1)n2C1CCCCC1. The summed E-state index contributed by atoms with van der Waals surface area (Å²) in [5.74, 6) is 0.732. The fourth-order valence-corrected chi connectivity index (χ4v) is 6.06. The molecule has 7 heteroatoms. The summed E-state index contributed by atoms with van der Waals surface area (Å²) in [6, 6.07) is 23.0. The number of fused-ring (bicyclic) bond motifs is 1. The van der Waals surface area contributed by atoms with Crippen molar-refractivity contribution in [2.45, 2.75) is 57.0 Å². The smallest absolute Gasteiger partial charge is 0.335 e. The molecule has 2 fully saturated rings. The summed E-state index contributed by atoms with van der Waals surface area (Å²) in [4.78, 5) is 31.4. The molecular formula is C32H33N3O4. The van der Waals surface area contributed by atoms with Crippen molar-refractivity contribution in [2.24, 2.45) is 0 Å². The van der Waals surface area contributed by atoms with Crippen LogP contribution in [0.4, 0.5) is 0 Å². The van der Waals surface area contributed by atoms with Gasteiger partial charge in [-0.1, -0.05) is 37.5 Å². The van der Waals surface area contributed by atoms with E-state index in [0.717, 1.165) is 54.9 Å². The average Bonchev–Trinajstić information content (AvgIpc) is 3.61. The van der Waals surface area contributed by atoms with E-state index in [4.69, 9.17) is 9.72 Å². The molecule has 39 heavy (non-hydrogen) atoms. The Kier molecular flexibility index (Phi) is 7.05. The number of aromatic carboxylic acids is 1. The molecule has 1 amide bonds. The second-order valence-corrected chi connectivity index (χ2v) is 10.6. The van der Waals surface area contributed by atoms with Crippen LogP contribution in [-0.2, 0) is 0 Å². The van der Waals surface area contributed by atoms with Gasteiger partial charge in [0, 0.05) is 23.7 Å². The number of amides is 1. The summed E-state index contributed by atoms with van der Waals surface area (Å²) in [5, 5.41) is 9.48. The molecule has 0 radical (unpaired) electrons. The van der Waals surface area contributed by atoms with Crippen LogP contribution in [0.5, 0.6) is 5.75 Å². The van der Waals surface area contributed by atoms with Crippen LogP contribution >= 0.6 is 0 Å². The Labute approximate surface area is 228 Å². The molecule has 1 atom stereocenters. The lowest BCUT2D eigenvalue weighted by Gasteiger charge is -2.26. The summed E-state index contributed by atoms with van der Waals surface area (Å²) >= 11 is 0. The van der Waals surface area contributed by atoms with Crippen LogP contribution in [0.3, 0.4) is 0 Å². The van der Waals surface area contributed by atoms with Crippen molar-refractivity contribution in [2.75, 3.05) is 13.2 Å². The van der Waals surface area contributed by atoms with E-state index in [0.29, 0.717) is 23.7 Å². The molecule has 6 rings (SSSR count). The highest BCUT2D eigenvalue weighted by Crippen LogP contribution is 2.36. The molecule has 2 aliphatic rings. The van der Waals surface area contributed by atoms with Gasteiger partial charge in [-0.3, -0.25) is 4.79 Å². The van der Waals surface area contributed by atoms with Gasteiger partial charge in [0.1, 0.15) is 18.2 Å². The fourth-order valence-electron chi connectivity index (χ4n) is 6.06. The molecule has 0 spiro atoms. The predicted molar refractivity (Wildman–Crippen MR) is 150 cm³/mol. The zero-order chi connectivity index (χ0) is 26.8. The van der Waals surface area contributed by atoms with Crippen molar-refractivity contribution < 1.29 is 19.4 Å². The Morgan fingerprint density at radius 1 is 0.872 bits per heavy atom. The zero-order valence-corrected chi connectivity index (χ0v) is 22.0. The molecule has 1 saturated heterocycles. The van der Waals surface area contributed by atoms with E-state index in [1.807, 2.05) is 65.6 Å². The van der Waals surface area contributed by atoms with E-state index in [-0.39, 0.29) is 17.5 Å². The molecule has 1 N–H and O–H groups in total. The van der Waals surface area contributed by atoms with Crippen molar-refractivity contribution in [3.63, 3.8) is 0 Å². The summed E-state index contributed by atoms with van der Waals surface area (Å²) in [7, 11) is 0. The number of rotatable bonds is 7. The standard InChI is InChI=1S/C32H33N3O4/c36-31(23-8-3-1-4-9-23)34-19-7-12-26(34)21-39-27-16-13-22(14-17-27)30-33-28-20-24(32(37)38)15-18-29(28)35(30)25-10-5-2-6-11-25/h1,3-4,8-9,13-18,20,25-26H,2,5-7,10-12,19,21H2,(H,37,38). The average molecular weight is 524 g/mol. The lowest BCUT2D eigenvalue weighted by atomic mass is 9.95. The van der Waals surface area contributed by atoms with E-state index < -0.39 is 5.97 Å². The number of likely N-dealkylation sites (tertiary alicyclic amines) is 1. The first-order chi connectivity index (χ1) is 19.1. The Morgan fingerprint density at radius 2 is 1.64 bits per heavy atom. The van der Waals surface area contributed by atoms with Gasteiger partial charge in [0.15, 0.2) is 0 Å². The molecule has 1 aliphatic carbocycles. The molecule has 2 heterocycles. The van der Waals surface area contributed by atoms with Crippen molar-refractivity contribution in [1.82, 2.24) is 14.5 Å². The van der Waals surface area contributed by atoms with Crippen LogP contribution < -0.4 is 4.74 Å². The van der Waals surface area contributed by atoms with Gasteiger partial charge in [0.25, 0.3) is 5.91 Å². The minimum absolute atomic E-state index is 0.0521. The number of ether oxygens (including phenoxy) is 1. The maximum absolute atomic E-state index is 13.0. The molecule has 1 aromatic heterocycles. The van der Waals surface area contributed by atoms with Crippen LogP contribution in [0, 0.1) is 0 Å². The molecule has 1 saturated carbocycles. The van der Waals surface area contributed by atoms with E-state index in [1.54, 1.807) is 12.1 Å². The Hall–Kier alpha value is -4.13. The highest BCUT2D eigenvalue weighted by Gasteiger charge is 2.30. The zero-order valence-electron chi connectivity index (χ0n) is 22.0. The molecule has 200 valence electrons. The monoisotopic (exact) mass is 523 g/mol. The minimum Gasteiger partial charge on any atom is -0.491 e. The fraction of sp³-hybridized carbons (Fsp3) is 0.344. The number of aromatic nitrogens is 2. The minimum atomic E-state index is -0.946. The Bertz CT molecular complexity index is 1470. The summed E-state index contributed by atoms with van der Waals surface area (Å²) < 4.78 is 8.47. The number of hydrogen-bond acceptors (Lipinski definition) is 4. The van der Waals surface area contributed by atoms with E-state index in [9.17, 15) is 14.7 Å². The Morgan fingerprint density at radius 3 is 2.38 bits per heavy atom. The van der Waals surface area contributed by atoms with E-state index >= 15 is 0 Å². The molecular weight excluding hydrogens is 490 g/mol. The van der Waals surface area contributed by atoms with Gasteiger partial charge in [-0.05, 0) is 80.3 Å². The van der Waals surface area contributed by atoms with Gasteiger partial charge in [0.05, 0.1) is 22.6 Å². The number of carboxylic acids is 1. The molecule has 0 bridgehead atoms. The third-order valence-electron chi connectivity index (χ3n) is 8.09. The Balaban J connectivity index is 1.21. The lowest BCUT2D eigenvalue weighted by Crippen LogP contribution is -2.39. The van der Waals surface area contributed by atoms with E-state index in [1.165, 1.54) is 19.3 Å². The third-order valence-corrected chi connectivity index (χ3v) is 8.09. The highest BCUT2D eigenvalue weighted by molar-refractivity contribution is 5.95. The van der Waals surface area contributed by atoms with Gasteiger partial charge in [0.2, 0.25) is 0 Å². The largest absolute Gasteiger partial charge is 0.491 e.